The second-order valence-corrected chi connectivity index (χ2v) is 5.92. The molecule has 2 unspecified atom stereocenters. The Bertz CT molecular complexity index is 248. The second-order valence-electron chi connectivity index (χ2n) is 5.92. The number of aliphatic hydroxyl groups excluding tert-OH is 1. The van der Waals surface area contributed by atoms with Gasteiger partial charge in [-0.1, -0.05) is 20.8 Å². The quantitative estimate of drug-likeness (QED) is 0.663. The van der Waals surface area contributed by atoms with Crippen LogP contribution in [0.3, 0.4) is 0 Å². The van der Waals surface area contributed by atoms with Gasteiger partial charge in [-0.25, -0.2) is 0 Å². The summed E-state index contributed by atoms with van der Waals surface area (Å²) < 4.78 is 0. The van der Waals surface area contributed by atoms with Gasteiger partial charge in [-0.05, 0) is 30.6 Å². The van der Waals surface area contributed by atoms with Crippen LogP contribution in [-0.4, -0.2) is 29.7 Å². The van der Waals surface area contributed by atoms with Crippen LogP contribution in [0.15, 0.2) is 0 Å². The van der Waals surface area contributed by atoms with Crippen LogP contribution in [-0.2, 0) is 4.79 Å². The molecular weight excluding hydrogens is 204 g/mol. The lowest BCUT2D eigenvalue weighted by Crippen LogP contribution is -2.49. The highest BCUT2D eigenvalue weighted by molar-refractivity contribution is 5.82. The number of hydrogen-bond donors (Lipinski definition) is 3. The number of aliphatic hydroxyl groups is 1. The van der Waals surface area contributed by atoms with E-state index in [-0.39, 0.29) is 17.4 Å². The number of nitrogens with one attached hydrogen (secondary N) is 1. The van der Waals surface area contributed by atoms with E-state index in [1.165, 1.54) is 0 Å². The van der Waals surface area contributed by atoms with E-state index in [1.807, 2.05) is 20.8 Å². The molecule has 0 bridgehead atoms. The number of carbonyl (C=O) groups excluding carboxylic acids is 1. The maximum Gasteiger partial charge on any atom is 0.237 e. The van der Waals surface area contributed by atoms with E-state index in [0.717, 1.165) is 19.3 Å². The molecule has 4 N–H and O–H groups in total. The summed E-state index contributed by atoms with van der Waals surface area (Å²) in [6, 6.07) is -0.473. The minimum Gasteiger partial charge on any atom is -0.393 e. The molecule has 1 saturated carbocycles. The van der Waals surface area contributed by atoms with E-state index in [2.05, 4.69) is 5.32 Å². The molecule has 0 heterocycles. The van der Waals surface area contributed by atoms with E-state index in [4.69, 9.17) is 5.73 Å². The van der Waals surface area contributed by atoms with Crippen LogP contribution >= 0.6 is 0 Å². The van der Waals surface area contributed by atoms with Gasteiger partial charge in [-0.15, -0.1) is 0 Å². The van der Waals surface area contributed by atoms with Crippen molar-refractivity contribution in [1.82, 2.24) is 5.32 Å². The van der Waals surface area contributed by atoms with Gasteiger partial charge in [0, 0.05) is 6.54 Å². The number of amides is 1. The molecule has 1 amide bonds. The molecule has 94 valence electrons. The van der Waals surface area contributed by atoms with Crippen LogP contribution in [0.25, 0.3) is 0 Å². The zero-order valence-corrected chi connectivity index (χ0v) is 10.5. The average molecular weight is 228 g/mol. The number of rotatable bonds is 3. The molecular formula is C12H24N2O2. The van der Waals surface area contributed by atoms with Crippen LogP contribution in [0.5, 0.6) is 0 Å². The van der Waals surface area contributed by atoms with Gasteiger partial charge in [0.15, 0.2) is 0 Å². The summed E-state index contributed by atoms with van der Waals surface area (Å²) in [6.07, 6.45) is 2.46. The zero-order valence-electron chi connectivity index (χ0n) is 10.5. The Morgan fingerprint density at radius 2 is 2.12 bits per heavy atom. The van der Waals surface area contributed by atoms with Crippen molar-refractivity contribution in [1.29, 1.82) is 0 Å². The third kappa shape index (κ3) is 3.76. The standard InChI is InChI=1S/C12H24N2O2/c1-12(2,3)10(13)11(16)14-7-8-4-5-9(15)6-8/h8-10,15H,4-7,13H2,1-3H3,(H,14,16)/t8?,9?,10-/m0/s1. The van der Waals surface area contributed by atoms with E-state index >= 15 is 0 Å². The van der Waals surface area contributed by atoms with Gasteiger partial charge in [0.1, 0.15) is 0 Å². The highest BCUT2D eigenvalue weighted by Crippen LogP contribution is 2.24. The minimum atomic E-state index is -0.473. The Kier molecular flexibility index (Phi) is 4.33. The maximum atomic E-state index is 11.7. The van der Waals surface area contributed by atoms with Gasteiger partial charge < -0.3 is 16.2 Å². The van der Waals surface area contributed by atoms with Crippen molar-refractivity contribution < 1.29 is 9.90 Å². The van der Waals surface area contributed by atoms with E-state index in [9.17, 15) is 9.90 Å². The highest BCUT2D eigenvalue weighted by Gasteiger charge is 2.29. The van der Waals surface area contributed by atoms with Gasteiger partial charge in [-0.2, -0.15) is 0 Å². The monoisotopic (exact) mass is 228 g/mol. The highest BCUT2D eigenvalue weighted by atomic mass is 16.3. The first-order valence-electron chi connectivity index (χ1n) is 6.02. The summed E-state index contributed by atoms with van der Waals surface area (Å²) in [5.41, 5.74) is 5.64. The van der Waals surface area contributed by atoms with Crippen molar-refractivity contribution in [2.24, 2.45) is 17.1 Å². The van der Waals surface area contributed by atoms with Crippen LogP contribution in [0.4, 0.5) is 0 Å². The summed E-state index contributed by atoms with van der Waals surface area (Å²) in [4.78, 5) is 11.7. The largest absolute Gasteiger partial charge is 0.393 e. The fraction of sp³-hybridized carbons (Fsp3) is 0.917. The lowest BCUT2D eigenvalue weighted by atomic mass is 9.87. The number of carbonyl (C=O) groups is 1. The third-order valence-electron chi connectivity index (χ3n) is 3.29. The van der Waals surface area contributed by atoms with Crippen LogP contribution in [0.1, 0.15) is 40.0 Å². The number of hydrogen-bond acceptors (Lipinski definition) is 3. The molecule has 1 aliphatic rings. The van der Waals surface area contributed by atoms with Crippen LogP contribution < -0.4 is 11.1 Å². The molecule has 0 aromatic carbocycles. The Balaban J connectivity index is 2.30. The van der Waals surface area contributed by atoms with Crippen molar-refractivity contribution in [3.8, 4) is 0 Å². The van der Waals surface area contributed by atoms with Gasteiger partial charge >= 0.3 is 0 Å². The molecule has 0 aromatic rings. The Hall–Kier alpha value is -0.610. The molecule has 16 heavy (non-hydrogen) atoms. The molecule has 1 fully saturated rings. The Morgan fingerprint density at radius 3 is 2.56 bits per heavy atom. The second kappa shape index (κ2) is 5.15. The Labute approximate surface area is 97.6 Å². The summed E-state index contributed by atoms with van der Waals surface area (Å²) >= 11 is 0. The van der Waals surface area contributed by atoms with Crippen molar-refractivity contribution >= 4 is 5.91 Å². The molecule has 1 rings (SSSR count). The third-order valence-corrected chi connectivity index (χ3v) is 3.29. The van der Waals surface area contributed by atoms with Gasteiger partial charge in [0.2, 0.25) is 5.91 Å². The summed E-state index contributed by atoms with van der Waals surface area (Å²) in [7, 11) is 0. The number of nitrogens with two attached hydrogens (primary N) is 1. The molecule has 4 nitrogen and oxygen atoms in total. The molecule has 0 aromatic heterocycles. The first-order valence-corrected chi connectivity index (χ1v) is 6.02. The lowest BCUT2D eigenvalue weighted by molar-refractivity contribution is -0.124. The molecule has 3 atom stereocenters. The van der Waals surface area contributed by atoms with E-state index in [0.29, 0.717) is 12.5 Å². The first-order chi connectivity index (χ1) is 7.30. The molecule has 0 saturated heterocycles. The van der Waals surface area contributed by atoms with Crippen LogP contribution in [0.2, 0.25) is 0 Å². The maximum absolute atomic E-state index is 11.7. The molecule has 0 radical (unpaired) electrons. The van der Waals surface area contributed by atoms with Gasteiger partial charge in [-0.3, -0.25) is 4.79 Å². The fourth-order valence-corrected chi connectivity index (χ4v) is 1.98. The van der Waals surface area contributed by atoms with Crippen molar-refractivity contribution in [2.75, 3.05) is 6.54 Å². The average Bonchev–Trinajstić information content (AvgIpc) is 2.58. The topological polar surface area (TPSA) is 75.4 Å². The fourth-order valence-electron chi connectivity index (χ4n) is 1.98. The zero-order chi connectivity index (χ0) is 12.3. The van der Waals surface area contributed by atoms with Crippen molar-refractivity contribution in [3.63, 3.8) is 0 Å². The normalized spacial score (nSPS) is 27.8. The first kappa shape index (κ1) is 13.5. The smallest absolute Gasteiger partial charge is 0.237 e. The summed E-state index contributed by atoms with van der Waals surface area (Å²) in [5, 5.41) is 12.2. The van der Waals surface area contributed by atoms with E-state index in [1.54, 1.807) is 0 Å². The van der Waals surface area contributed by atoms with Gasteiger partial charge in [0.05, 0.1) is 12.1 Å². The molecule has 0 spiro atoms. The molecule has 1 aliphatic carbocycles. The Morgan fingerprint density at radius 1 is 1.50 bits per heavy atom. The van der Waals surface area contributed by atoms with Gasteiger partial charge in [0.25, 0.3) is 0 Å². The SMILES string of the molecule is CC(C)(C)[C@@H](N)C(=O)NCC1CCC(O)C1. The van der Waals surface area contributed by atoms with Crippen molar-refractivity contribution in [2.45, 2.75) is 52.2 Å². The summed E-state index contributed by atoms with van der Waals surface area (Å²) in [6.45, 7) is 6.50. The molecule has 4 heteroatoms. The van der Waals surface area contributed by atoms with Crippen molar-refractivity contribution in [3.05, 3.63) is 0 Å². The van der Waals surface area contributed by atoms with Crippen LogP contribution in [0, 0.1) is 11.3 Å². The predicted octanol–water partition coefficient (Wildman–Crippen LogP) is 0.637. The minimum absolute atomic E-state index is 0.0890. The predicted molar refractivity (Wildman–Crippen MR) is 63.8 cm³/mol. The lowest BCUT2D eigenvalue weighted by Gasteiger charge is -2.26. The molecule has 0 aliphatic heterocycles. The van der Waals surface area contributed by atoms with E-state index < -0.39 is 6.04 Å². The summed E-state index contributed by atoms with van der Waals surface area (Å²) in [5.74, 6) is 0.319.